The average Bonchev–Trinajstić information content (AvgIpc) is 3.33. The lowest BCUT2D eigenvalue weighted by molar-refractivity contribution is -0.111. The van der Waals surface area contributed by atoms with E-state index in [1.807, 2.05) is 19.1 Å². The molecule has 30 heavy (non-hydrogen) atoms. The van der Waals surface area contributed by atoms with Crippen LogP contribution in [-0.2, 0) is 4.79 Å². The Kier molecular flexibility index (Phi) is 5.56. The van der Waals surface area contributed by atoms with Crippen molar-refractivity contribution in [2.75, 3.05) is 26.6 Å². The maximum atomic E-state index is 12.4. The van der Waals surface area contributed by atoms with Crippen LogP contribution in [0.4, 0.5) is 5.13 Å². The number of thiazole rings is 2. The van der Waals surface area contributed by atoms with Crippen LogP contribution < -0.4 is 19.5 Å². The molecule has 0 aliphatic heterocycles. The molecule has 0 saturated carbocycles. The van der Waals surface area contributed by atoms with Gasteiger partial charge < -0.3 is 14.2 Å². The smallest absolute Gasteiger partial charge is 0.250 e. The fraction of sp³-hybridized carbons (Fsp3) is 0.190. The highest BCUT2D eigenvalue weighted by molar-refractivity contribution is 7.28. The predicted molar refractivity (Wildman–Crippen MR) is 121 cm³/mol. The number of anilines is 1. The van der Waals surface area contributed by atoms with Crippen molar-refractivity contribution in [3.8, 4) is 17.2 Å². The molecule has 0 unspecified atom stereocenters. The zero-order valence-corrected chi connectivity index (χ0v) is 18.4. The van der Waals surface area contributed by atoms with Gasteiger partial charge in [-0.1, -0.05) is 11.3 Å². The summed E-state index contributed by atoms with van der Waals surface area (Å²) < 4.78 is 18.1. The van der Waals surface area contributed by atoms with Gasteiger partial charge in [-0.05, 0) is 42.8 Å². The minimum Gasteiger partial charge on any atom is -0.493 e. The van der Waals surface area contributed by atoms with E-state index in [-0.39, 0.29) is 5.91 Å². The molecule has 1 amide bonds. The Morgan fingerprint density at radius 2 is 1.60 bits per heavy atom. The first-order valence-electron chi connectivity index (χ1n) is 8.98. The summed E-state index contributed by atoms with van der Waals surface area (Å²) in [5, 5.41) is 4.38. The van der Waals surface area contributed by atoms with E-state index in [1.165, 1.54) is 17.4 Å². The van der Waals surface area contributed by atoms with Crippen LogP contribution in [0.5, 0.6) is 17.2 Å². The van der Waals surface area contributed by atoms with E-state index < -0.39 is 0 Å². The highest BCUT2D eigenvalue weighted by Crippen LogP contribution is 2.39. The van der Waals surface area contributed by atoms with E-state index in [4.69, 9.17) is 14.2 Å². The Bertz CT molecular complexity index is 1250. The van der Waals surface area contributed by atoms with Crippen molar-refractivity contribution < 1.29 is 19.0 Å². The normalized spacial score (nSPS) is 11.3. The first kappa shape index (κ1) is 20.1. The second-order valence-corrected chi connectivity index (χ2v) is 8.50. The van der Waals surface area contributed by atoms with Crippen LogP contribution in [0.1, 0.15) is 10.6 Å². The minimum atomic E-state index is -0.278. The monoisotopic (exact) mass is 441 g/mol. The molecule has 0 fully saturated rings. The third kappa shape index (κ3) is 3.81. The van der Waals surface area contributed by atoms with E-state index >= 15 is 0 Å². The number of fused-ring (bicyclic) bond motifs is 3. The second kappa shape index (κ2) is 8.29. The predicted octanol–water partition coefficient (Wildman–Crippen LogP) is 4.89. The van der Waals surface area contributed by atoms with E-state index in [2.05, 4.69) is 15.3 Å². The number of nitrogens with zero attached hydrogens (tertiary/aromatic N) is 2. The lowest BCUT2D eigenvalue weighted by atomic mass is 10.1. The van der Waals surface area contributed by atoms with Crippen molar-refractivity contribution in [3.05, 3.63) is 40.9 Å². The number of carbonyl (C=O) groups excluding carboxylic acids is 1. The number of carbonyl (C=O) groups is 1. The molecule has 0 aliphatic rings. The van der Waals surface area contributed by atoms with Crippen LogP contribution in [0.3, 0.4) is 0 Å². The maximum absolute atomic E-state index is 12.4. The Hall–Kier alpha value is -3.17. The van der Waals surface area contributed by atoms with Gasteiger partial charge >= 0.3 is 0 Å². The van der Waals surface area contributed by atoms with E-state index in [0.29, 0.717) is 22.4 Å². The van der Waals surface area contributed by atoms with Crippen molar-refractivity contribution in [2.45, 2.75) is 6.92 Å². The zero-order valence-electron chi connectivity index (χ0n) is 16.8. The summed E-state index contributed by atoms with van der Waals surface area (Å²) in [5.41, 5.74) is 2.54. The summed E-state index contributed by atoms with van der Waals surface area (Å²) >= 11 is 3.07. The molecule has 2 aromatic heterocycles. The van der Waals surface area contributed by atoms with Crippen molar-refractivity contribution >= 4 is 60.2 Å². The van der Waals surface area contributed by atoms with Gasteiger partial charge in [0, 0.05) is 6.08 Å². The van der Waals surface area contributed by atoms with Gasteiger partial charge in [0.1, 0.15) is 0 Å². The van der Waals surface area contributed by atoms with Crippen molar-refractivity contribution in [1.82, 2.24) is 9.97 Å². The highest BCUT2D eigenvalue weighted by Gasteiger charge is 2.13. The van der Waals surface area contributed by atoms with E-state index in [1.54, 1.807) is 50.9 Å². The van der Waals surface area contributed by atoms with E-state index in [0.717, 1.165) is 31.0 Å². The number of rotatable bonds is 6. The standard InChI is InChI=1S/C21H19N3O4S2/c1-11-22-13-6-7-14-20(19(13)29-11)30-21(23-14)24-17(25)8-5-12-9-15(26-2)18(28-4)16(10-12)27-3/h5-10H,1-4H3,(H,23,24,25). The van der Waals surface area contributed by atoms with Crippen molar-refractivity contribution in [1.29, 1.82) is 0 Å². The Morgan fingerprint density at radius 1 is 0.967 bits per heavy atom. The molecule has 0 atom stereocenters. The van der Waals surface area contributed by atoms with Gasteiger partial charge in [0.05, 0.1) is 46.8 Å². The first-order chi connectivity index (χ1) is 14.5. The Morgan fingerprint density at radius 3 is 2.23 bits per heavy atom. The molecular formula is C21H19N3O4S2. The molecule has 154 valence electrons. The molecule has 0 saturated heterocycles. The molecular weight excluding hydrogens is 422 g/mol. The van der Waals surface area contributed by atoms with Crippen LogP contribution in [0.15, 0.2) is 30.3 Å². The average molecular weight is 442 g/mol. The number of nitrogens with one attached hydrogen (secondary N) is 1. The third-order valence-corrected chi connectivity index (χ3v) is 6.50. The Labute approximate surface area is 180 Å². The molecule has 2 aromatic carbocycles. The quantitative estimate of drug-likeness (QED) is 0.429. The molecule has 4 rings (SSSR count). The fourth-order valence-electron chi connectivity index (χ4n) is 3.05. The summed E-state index contributed by atoms with van der Waals surface area (Å²) in [5.74, 6) is 1.26. The molecule has 0 spiro atoms. The van der Waals surface area contributed by atoms with Crippen LogP contribution in [0.2, 0.25) is 0 Å². The minimum absolute atomic E-state index is 0.278. The van der Waals surface area contributed by atoms with Crippen LogP contribution >= 0.6 is 22.7 Å². The molecule has 0 bridgehead atoms. The lowest BCUT2D eigenvalue weighted by Crippen LogP contribution is -2.07. The highest BCUT2D eigenvalue weighted by atomic mass is 32.1. The zero-order chi connectivity index (χ0) is 21.3. The molecule has 4 aromatic rings. The number of methoxy groups -OCH3 is 3. The Balaban J connectivity index is 1.56. The topological polar surface area (TPSA) is 82.6 Å². The SMILES string of the molecule is COc1cc(C=CC(=O)Nc2nc3ccc4nc(C)sc4c3s2)cc(OC)c1OC. The number of aromatic nitrogens is 2. The summed E-state index contributed by atoms with van der Waals surface area (Å²) in [6.45, 7) is 1.98. The number of amides is 1. The van der Waals surface area contributed by atoms with Crippen LogP contribution in [-0.4, -0.2) is 37.2 Å². The van der Waals surface area contributed by atoms with Gasteiger partial charge in [0.15, 0.2) is 16.6 Å². The van der Waals surface area contributed by atoms with Crippen molar-refractivity contribution in [2.24, 2.45) is 0 Å². The van der Waals surface area contributed by atoms with Gasteiger partial charge in [-0.15, -0.1) is 11.3 Å². The van der Waals surface area contributed by atoms with Gasteiger partial charge in [0.25, 0.3) is 0 Å². The molecule has 7 nitrogen and oxygen atoms in total. The first-order valence-corrected chi connectivity index (χ1v) is 10.6. The maximum Gasteiger partial charge on any atom is 0.250 e. The summed E-state index contributed by atoms with van der Waals surface area (Å²) in [6.07, 6.45) is 3.12. The van der Waals surface area contributed by atoms with Gasteiger partial charge in [-0.3, -0.25) is 10.1 Å². The summed E-state index contributed by atoms with van der Waals surface area (Å²) in [7, 11) is 4.64. The third-order valence-electron chi connectivity index (χ3n) is 4.36. The van der Waals surface area contributed by atoms with E-state index in [9.17, 15) is 4.79 Å². The number of benzene rings is 2. The van der Waals surface area contributed by atoms with Gasteiger partial charge in [0.2, 0.25) is 11.7 Å². The number of ether oxygens (including phenoxy) is 3. The second-order valence-electron chi connectivity index (χ2n) is 6.30. The number of hydrogen-bond acceptors (Lipinski definition) is 8. The molecule has 0 aliphatic carbocycles. The van der Waals surface area contributed by atoms with Crippen molar-refractivity contribution in [3.63, 3.8) is 0 Å². The number of aryl methyl sites for hydroxylation is 1. The largest absolute Gasteiger partial charge is 0.493 e. The van der Waals surface area contributed by atoms with Gasteiger partial charge in [-0.2, -0.15) is 0 Å². The summed E-state index contributed by atoms with van der Waals surface area (Å²) in [4.78, 5) is 21.5. The summed E-state index contributed by atoms with van der Waals surface area (Å²) in [6, 6.07) is 7.42. The molecule has 9 heteroatoms. The fourth-order valence-corrected chi connectivity index (χ4v) is 5.06. The number of hydrogen-bond donors (Lipinski definition) is 1. The lowest BCUT2D eigenvalue weighted by Gasteiger charge is -2.12. The van der Waals surface area contributed by atoms with Crippen LogP contribution in [0.25, 0.3) is 26.5 Å². The van der Waals surface area contributed by atoms with Crippen LogP contribution in [0, 0.1) is 6.92 Å². The molecule has 1 N–H and O–H groups in total. The molecule has 0 radical (unpaired) electrons. The molecule has 2 heterocycles. The van der Waals surface area contributed by atoms with Gasteiger partial charge in [-0.25, -0.2) is 9.97 Å².